The Morgan fingerprint density at radius 2 is 1.93 bits per heavy atom. The monoisotopic (exact) mass is 419 g/mol. The number of hydrogen-bond donors (Lipinski definition) is 0. The molecule has 1 aromatic rings. The maximum atomic E-state index is 12.0. The summed E-state index contributed by atoms with van der Waals surface area (Å²) >= 11 is 0. The van der Waals surface area contributed by atoms with E-state index in [4.69, 9.17) is 4.74 Å². The summed E-state index contributed by atoms with van der Waals surface area (Å²) in [6, 6.07) is 3.45. The Morgan fingerprint density at radius 1 is 1.30 bits per heavy atom. The summed E-state index contributed by atoms with van der Waals surface area (Å²) in [6.07, 6.45) is 5.15. The number of pyridine rings is 1. The minimum Gasteiger partial charge on any atom is -0.459 e. The van der Waals surface area contributed by atoms with Gasteiger partial charge < -0.3 is 14.5 Å². The summed E-state index contributed by atoms with van der Waals surface area (Å²) in [5, 5.41) is 11.3. The SMILES string of the molecule is CN(C)/C=C/c1nc(N(C)C2CCN(CC(=O)OC(C)(C)C)CC2)ccc1[N+](=O)[O-]. The van der Waals surface area contributed by atoms with Crippen LogP contribution in [0.5, 0.6) is 0 Å². The zero-order chi connectivity index (χ0) is 22.5. The van der Waals surface area contributed by atoms with E-state index in [1.54, 1.807) is 18.3 Å². The first-order valence-electron chi connectivity index (χ1n) is 10.1. The number of nitro groups is 1. The quantitative estimate of drug-likeness (QED) is 0.378. The van der Waals surface area contributed by atoms with Gasteiger partial charge in [-0.25, -0.2) is 4.98 Å². The van der Waals surface area contributed by atoms with Crippen LogP contribution in [0.2, 0.25) is 0 Å². The summed E-state index contributed by atoms with van der Waals surface area (Å²) in [6.45, 7) is 7.47. The number of anilines is 1. The predicted molar refractivity (Wildman–Crippen MR) is 117 cm³/mol. The Balaban J connectivity index is 2.02. The fraction of sp³-hybridized carbons (Fsp3) is 0.619. The highest BCUT2D eigenvalue weighted by Crippen LogP contribution is 2.26. The van der Waals surface area contributed by atoms with Crippen LogP contribution in [0.4, 0.5) is 11.5 Å². The van der Waals surface area contributed by atoms with Gasteiger partial charge in [0.1, 0.15) is 17.1 Å². The second-order valence-electron chi connectivity index (χ2n) is 8.81. The third-order valence-corrected chi connectivity index (χ3v) is 4.85. The van der Waals surface area contributed by atoms with Gasteiger partial charge in [0.15, 0.2) is 0 Å². The van der Waals surface area contributed by atoms with Crippen molar-refractivity contribution < 1.29 is 14.5 Å². The number of carbonyl (C=O) groups is 1. The highest BCUT2D eigenvalue weighted by molar-refractivity contribution is 5.72. The zero-order valence-electron chi connectivity index (χ0n) is 18.8. The first-order chi connectivity index (χ1) is 14.0. The molecule has 166 valence electrons. The summed E-state index contributed by atoms with van der Waals surface area (Å²) in [5.41, 5.74) is -0.159. The van der Waals surface area contributed by atoms with Crippen molar-refractivity contribution in [2.24, 2.45) is 0 Å². The summed E-state index contributed by atoms with van der Waals surface area (Å²) in [7, 11) is 5.66. The minimum atomic E-state index is -0.476. The van der Waals surface area contributed by atoms with Crippen LogP contribution in [0, 0.1) is 10.1 Å². The Labute approximate surface area is 178 Å². The standard InChI is InChI=1S/C21H33N5O4/c1-21(2,3)30-20(27)15-25-13-9-16(10-14-25)24(6)19-8-7-18(26(28)29)17(22-19)11-12-23(4)5/h7-8,11-12,16H,9-10,13-15H2,1-6H3/b12-11+. The number of carbonyl (C=O) groups excluding carboxylic acids is 1. The number of nitrogens with zero attached hydrogens (tertiary/aromatic N) is 5. The fourth-order valence-electron chi connectivity index (χ4n) is 3.36. The van der Waals surface area contributed by atoms with Gasteiger partial charge in [-0.2, -0.15) is 0 Å². The molecule has 1 aliphatic rings. The molecule has 0 radical (unpaired) electrons. The van der Waals surface area contributed by atoms with Crippen LogP contribution in [0.1, 0.15) is 39.3 Å². The number of aromatic nitrogens is 1. The average Bonchev–Trinajstić information content (AvgIpc) is 2.64. The first-order valence-corrected chi connectivity index (χ1v) is 10.1. The van der Waals surface area contributed by atoms with E-state index in [-0.39, 0.29) is 17.7 Å². The van der Waals surface area contributed by atoms with E-state index in [1.165, 1.54) is 6.07 Å². The molecule has 0 N–H and O–H groups in total. The van der Waals surface area contributed by atoms with Crippen molar-refractivity contribution in [2.75, 3.05) is 45.7 Å². The van der Waals surface area contributed by atoms with Gasteiger partial charge in [0.2, 0.25) is 0 Å². The highest BCUT2D eigenvalue weighted by Gasteiger charge is 2.27. The molecular formula is C21H33N5O4. The predicted octanol–water partition coefficient (Wildman–Crippen LogP) is 2.76. The maximum Gasteiger partial charge on any atom is 0.320 e. The van der Waals surface area contributed by atoms with E-state index in [1.807, 2.05) is 46.8 Å². The van der Waals surface area contributed by atoms with Crippen molar-refractivity contribution in [3.05, 3.63) is 34.1 Å². The smallest absolute Gasteiger partial charge is 0.320 e. The van der Waals surface area contributed by atoms with Crippen molar-refractivity contribution in [2.45, 2.75) is 45.3 Å². The molecule has 0 atom stereocenters. The van der Waals surface area contributed by atoms with Gasteiger partial charge in [0.25, 0.3) is 5.69 Å². The summed E-state index contributed by atoms with van der Waals surface area (Å²) in [4.78, 5) is 33.5. The second-order valence-corrected chi connectivity index (χ2v) is 8.81. The Morgan fingerprint density at radius 3 is 2.47 bits per heavy atom. The van der Waals surface area contributed by atoms with E-state index in [0.29, 0.717) is 18.1 Å². The van der Waals surface area contributed by atoms with Gasteiger partial charge in [0, 0.05) is 52.5 Å². The van der Waals surface area contributed by atoms with Gasteiger partial charge in [0.05, 0.1) is 11.5 Å². The van der Waals surface area contributed by atoms with Gasteiger partial charge in [-0.15, -0.1) is 0 Å². The molecular weight excluding hydrogens is 386 g/mol. The van der Waals surface area contributed by atoms with Gasteiger partial charge in [-0.1, -0.05) is 0 Å². The number of ether oxygens (including phenoxy) is 1. The number of esters is 1. The summed E-state index contributed by atoms with van der Waals surface area (Å²) in [5.74, 6) is 0.494. The van der Waals surface area contributed by atoms with Crippen molar-refractivity contribution in [1.82, 2.24) is 14.8 Å². The van der Waals surface area contributed by atoms with E-state index < -0.39 is 10.5 Å². The molecule has 0 amide bonds. The molecule has 0 bridgehead atoms. The fourth-order valence-corrected chi connectivity index (χ4v) is 3.36. The van der Waals surface area contributed by atoms with Crippen LogP contribution < -0.4 is 4.90 Å². The number of piperidine rings is 1. The molecule has 2 heterocycles. The Hall–Kier alpha value is -2.68. The largest absolute Gasteiger partial charge is 0.459 e. The lowest BCUT2D eigenvalue weighted by Crippen LogP contribution is -2.46. The third kappa shape index (κ3) is 6.98. The van der Waals surface area contributed by atoms with E-state index in [9.17, 15) is 14.9 Å². The second kappa shape index (κ2) is 9.88. The molecule has 1 aliphatic heterocycles. The van der Waals surface area contributed by atoms with E-state index >= 15 is 0 Å². The van der Waals surface area contributed by atoms with E-state index in [2.05, 4.69) is 14.8 Å². The molecule has 0 spiro atoms. The molecule has 30 heavy (non-hydrogen) atoms. The molecule has 2 rings (SSSR count). The first kappa shape index (κ1) is 23.6. The average molecular weight is 420 g/mol. The number of likely N-dealkylation sites (tertiary alicyclic amines) is 1. The van der Waals surface area contributed by atoms with Crippen LogP contribution >= 0.6 is 0 Å². The van der Waals surface area contributed by atoms with Crippen LogP contribution in [0.25, 0.3) is 6.08 Å². The maximum absolute atomic E-state index is 12.0. The number of hydrogen-bond acceptors (Lipinski definition) is 8. The van der Waals surface area contributed by atoms with Crippen LogP contribution in [-0.4, -0.2) is 78.1 Å². The summed E-state index contributed by atoms with van der Waals surface area (Å²) < 4.78 is 5.40. The molecule has 0 saturated carbocycles. The molecule has 9 heteroatoms. The van der Waals surface area contributed by atoms with Crippen molar-refractivity contribution >= 4 is 23.6 Å². The van der Waals surface area contributed by atoms with Crippen molar-refractivity contribution in [3.8, 4) is 0 Å². The minimum absolute atomic E-state index is 0.0163. The van der Waals surface area contributed by atoms with Gasteiger partial charge >= 0.3 is 5.97 Å². The zero-order valence-corrected chi connectivity index (χ0v) is 18.8. The highest BCUT2D eigenvalue weighted by atomic mass is 16.6. The van der Waals surface area contributed by atoms with Crippen molar-refractivity contribution in [3.63, 3.8) is 0 Å². The Bertz CT molecular complexity index is 780. The molecule has 1 aromatic heterocycles. The molecule has 0 aromatic carbocycles. The van der Waals surface area contributed by atoms with Crippen LogP contribution in [0.3, 0.4) is 0 Å². The molecule has 1 saturated heterocycles. The molecule has 0 unspecified atom stereocenters. The van der Waals surface area contributed by atoms with Crippen LogP contribution in [0.15, 0.2) is 18.3 Å². The topological polar surface area (TPSA) is 92.1 Å². The normalized spacial score (nSPS) is 15.9. The van der Waals surface area contributed by atoms with Crippen molar-refractivity contribution in [1.29, 1.82) is 0 Å². The lowest BCUT2D eigenvalue weighted by molar-refractivity contribution is -0.385. The van der Waals surface area contributed by atoms with Crippen LogP contribution in [-0.2, 0) is 9.53 Å². The molecule has 1 fully saturated rings. The molecule has 9 nitrogen and oxygen atoms in total. The van der Waals surface area contributed by atoms with Gasteiger partial charge in [-0.05, 0) is 45.8 Å². The Kier molecular flexibility index (Phi) is 7.77. The third-order valence-electron chi connectivity index (χ3n) is 4.85. The lowest BCUT2D eigenvalue weighted by atomic mass is 10.0. The number of rotatable bonds is 7. The molecule has 0 aliphatic carbocycles. The van der Waals surface area contributed by atoms with E-state index in [0.717, 1.165) is 25.9 Å². The lowest BCUT2D eigenvalue weighted by Gasteiger charge is -2.37. The van der Waals surface area contributed by atoms with Gasteiger partial charge in [-0.3, -0.25) is 19.8 Å².